The fraction of sp³-hybridized carbons (Fsp3) is 0.125. The van der Waals surface area contributed by atoms with Crippen LogP contribution >= 0.6 is 11.8 Å². The molecule has 4 nitrogen and oxygen atoms in total. The molecule has 0 aliphatic carbocycles. The zero-order valence-electron chi connectivity index (χ0n) is 21.1. The zero-order chi connectivity index (χ0) is 25.8. The highest BCUT2D eigenvalue weighted by Gasteiger charge is 2.34. The third-order valence-electron chi connectivity index (χ3n) is 6.02. The number of benzene rings is 4. The van der Waals surface area contributed by atoms with Crippen LogP contribution in [0.1, 0.15) is 27.8 Å². The van der Waals surface area contributed by atoms with Crippen LogP contribution in [0.2, 0.25) is 0 Å². The first-order valence-electron chi connectivity index (χ1n) is 12.2. The summed E-state index contributed by atoms with van der Waals surface area (Å²) in [5, 5.41) is 0.641. The van der Waals surface area contributed by atoms with Gasteiger partial charge in [-0.1, -0.05) is 77.4 Å². The van der Waals surface area contributed by atoms with Gasteiger partial charge in [-0.05, 0) is 86.1 Å². The third kappa shape index (κ3) is 6.01. The van der Waals surface area contributed by atoms with Crippen LogP contribution in [-0.4, -0.2) is 11.1 Å². The second-order valence-corrected chi connectivity index (χ2v) is 10.2. The van der Waals surface area contributed by atoms with Crippen LogP contribution in [0, 0.1) is 20.8 Å². The van der Waals surface area contributed by atoms with E-state index in [1.165, 1.54) is 22.9 Å². The van der Waals surface area contributed by atoms with Crippen molar-refractivity contribution in [3.63, 3.8) is 0 Å². The average molecular weight is 505 g/mol. The molecule has 0 aromatic heterocycles. The van der Waals surface area contributed by atoms with E-state index in [1.807, 2.05) is 98.8 Å². The predicted molar refractivity (Wildman–Crippen MR) is 154 cm³/mol. The minimum absolute atomic E-state index is 0.0838. The summed E-state index contributed by atoms with van der Waals surface area (Å²) in [4.78, 5) is 20.7. The number of amidine groups is 1. The summed E-state index contributed by atoms with van der Waals surface area (Å²) in [6.45, 7) is 6.67. The maximum absolute atomic E-state index is 13.5. The molecule has 0 spiro atoms. The van der Waals surface area contributed by atoms with Crippen molar-refractivity contribution in [1.82, 2.24) is 0 Å². The minimum Gasteiger partial charge on any atom is -0.489 e. The zero-order valence-corrected chi connectivity index (χ0v) is 22.0. The van der Waals surface area contributed by atoms with E-state index < -0.39 is 0 Å². The van der Waals surface area contributed by atoms with E-state index in [4.69, 9.17) is 9.73 Å². The number of thioether (sulfide) groups is 1. The Bertz CT molecular complexity index is 1470. The molecule has 1 fully saturated rings. The minimum atomic E-state index is -0.0838. The molecule has 1 aliphatic heterocycles. The molecule has 1 aliphatic rings. The van der Waals surface area contributed by atoms with Gasteiger partial charge in [0.1, 0.15) is 12.4 Å². The first kappa shape index (κ1) is 24.6. The second kappa shape index (κ2) is 10.9. The molecule has 0 bridgehead atoms. The van der Waals surface area contributed by atoms with Crippen molar-refractivity contribution in [2.45, 2.75) is 27.4 Å². The average Bonchev–Trinajstić information content (AvgIpc) is 3.19. The summed E-state index contributed by atoms with van der Waals surface area (Å²) < 4.78 is 5.95. The Morgan fingerprint density at radius 1 is 0.811 bits per heavy atom. The maximum atomic E-state index is 13.5. The lowest BCUT2D eigenvalue weighted by molar-refractivity contribution is -0.113. The number of rotatable bonds is 6. The van der Waals surface area contributed by atoms with Gasteiger partial charge in [-0.3, -0.25) is 9.69 Å². The molecule has 1 heterocycles. The lowest BCUT2D eigenvalue weighted by Crippen LogP contribution is -2.28. The van der Waals surface area contributed by atoms with E-state index in [2.05, 4.69) is 25.1 Å². The van der Waals surface area contributed by atoms with Gasteiger partial charge in [0.15, 0.2) is 5.17 Å². The lowest BCUT2D eigenvalue weighted by atomic mass is 10.1. The summed E-state index contributed by atoms with van der Waals surface area (Å²) in [7, 11) is 0. The number of aryl methyl sites for hydroxylation is 3. The van der Waals surface area contributed by atoms with Crippen molar-refractivity contribution < 1.29 is 9.53 Å². The summed E-state index contributed by atoms with van der Waals surface area (Å²) in [6.07, 6.45) is 1.91. The SMILES string of the molecule is Cc1ccc(N=C2S/C(=C/c3ccc(OCc4cccc(C)c4)cc3)C(=O)N2c2ccc(C)cc2)cc1. The Morgan fingerprint density at radius 2 is 1.49 bits per heavy atom. The number of ether oxygens (including phenoxy) is 1. The molecule has 0 N–H and O–H groups in total. The van der Waals surface area contributed by atoms with Gasteiger partial charge in [-0.15, -0.1) is 0 Å². The monoisotopic (exact) mass is 504 g/mol. The molecule has 0 radical (unpaired) electrons. The highest BCUT2D eigenvalue weighted by atomic mass is 32.2. The number of carbonyl (C=O) groups is 1. The molecule has 4 aromatic carbocycles. The van der Waals surface area contributed by atoms with E-state index in [-0.39, 0.29) is 5.91 Å². The second-order valence-electron chi connectivity index (χ2n) is 9.16. The standard InChI is InChI=1S/C32H28N2O2S/c1-22-7-13-27(14-8-22)33-32-34(28-15-9-23(2)10-16-28)31(35)30(37-32)20-25-11-17-29(18-12-25)36-21-26-6-4-5-24(3)19-26/h4-20H,21H2,1-3H3/b30-20+,33-32?. The van der Waals surface area contributed by atoms with Crippen LogP contribution in [-0.2, 0) is 11.4 Å². The van der Waals surface area contributed by atoms with E-state index in [9.17, 15) is 4.79 Å². The van der Waals surface area contributed by atoms with Crippen LogP contribution in [0.5, 0.6) is 5.75 Å². The van der Waals surface area contributed by atoms with E-state index in [0.29, 0.717) is 16.7 Å². The summed E-state index contributed by atoms with van der Waals surface area (Å²) in [5.41, 5.74) is 7.20. The van der Waals surface area contributed by atoms with Gasteiger partial charge in [0.25, 0.3) is 5.91 Å². The highest BCUT2D eigenvalue weighted by Crippen LogP contribution is 2.37. The number of anilines is 1. The normalized spacial score (nSPS) is 15.5. The Labute approximate surface area is 222 Å². The van der Waals surface area contributed by atoms with Crippen molar-refractivity contribution in [1.29, 1.82) is 0 Å². The smallest absolute Gasteiger partial charge is 0.271 e. The topological polar surface area (TPSA) is 41.9 Å². The van der Waals surface area contributed by atoms with E-state index in [0.717, 1.165) is 33.8 Å². The molecule has 1 amide bonds. The predicted octanol–water partition coefficient (Wildman–Crippen LogP) is 8.00. The van der Waals surface area contributed by atoms with Crippen LogP contribution in [0.25, 0.3) is 6.08 Å². The largest absolute Gasteiger partial charge is 0.489 e. The summed E-state index contributed by atoms with van der Waals surface area (Å²) in [5.74, 6) is 0.705. The fourth-order valence-corrected chi connectivity index (χ4v) is 4.98. The highest BCUT2D eigenvalue weighted by molar-refractivity contribution is 8.19. The van der Waals surface area contributed by atoms with Crippen LogP contribution in [0.4, 0.5) is 11.4 Å². The Kier molecular flexibility index (Phi) is 7.24. The first-order chi connectivity index (χ1) is 17.9. The maximum Gasteiger partial charge on any atom is 0.271 e. The van der Waals surface area contributed by atoms with Crippen molar-refractivity contribution in [2.24, 2.45) is 4.99 Å². The third-order valence-corrected chi connectivity index (χ3v) is 6.99. The van der Waals surface area contributed by atoms with Gasteiger partial charge in [0.05, 0.1) is 16.3 Å². The Morgan fingerprint density at radius 3 is 2.16 bits per heavy atom. The molecule has 37 heavy (non-hydrogen) atoms. The number of aliphatic imine (C=N–C) groups is 1. The van der Waals surface area contributed by atoms with Gasteiger partial charge >= 0.3 is 0 Å². The Hall–Kier alpha value is -4.09. The first-order valence-corrected chi connectivity index (χ1v) is 13.0. The molecule has 0 atom stereocenters. The van der Waals surface area contributed by atoms with Crippen molar-refractivity contribution in [3.05, 3.63) is 130 Å². The molecule has 4 aromatic rings. The summed E-state index contributed by atoms with van der Waals surface area (Å²) >= 11 is 1.39. The number of hydrogen-bond donors (Lipinski definition) is 0. The quantitative estimate of drug-likeness (QED) is 0.250. The van der Waals surface area contributed by atoms with Gasteiger partial charge < -0.3 is 4.74 Å². The fourth-order valence-electron chi connectivity index (χ4n) is 3.98. The molecule has 5 rings (SSSR count). The molecule has 0 unspecified atom stereocenters. The molecular weight excluding hydrogens is 476 g/mol. The van der Waals surface area contributed by atoms with Crippen molar-refractivity contribution in [3.8, 4) is 5.75 Å². The van der Waals surface area contributed by atoms with E-state index >= 15 is 0 Å². The van der Waals surface area contributed by atoms with E-state index in [1.54, 1.807) is 4.90 Å². The molecular formula is C32H28N2O2S. The van der Waals surface area contributed by atoms with Crippen LogP contribution in [0.15, 0.2) is 107 Å². The number of amides is 1. The van der Waals surface area contributed by atoms with Gasteiger partial charge in [-0.2, -0.15) is 0 Å². The Balaban J connectivity index is 1.38. The van der Waals surface area contributed by atoms with Crippen molar-refractivity contribution in [2.75, 3.05) is 4.90 Å². The number of nitrogens with zero attached hydrogens (tertiary/aromatic N) is 2. The van der Waals surface area contributed by atoms with Gasteiger partial charge in [-0.25, -0.2) is 4.99 Å². The molecule has 1 saturated heterocycles. The van der Waals surface area contributed by atoms with Crippen LogP contribution < -0.4 is 9.64 Å². The number of hydrogen-bond acceptors (Lipinski definition) is 4. The lowest BCUT2D eigenvalue weighted by Gasteiger charge is -2.16. The molecule has 5 heteroatoms. The molecule has 0 saturated carbocycles. The number of carbonyl (C=O) groups excluding carboxylic acids is 1. The summed E-state index contributed by atoms with van der Waals surface area (Å²) in [6, 6.07) is 32.0. The van der Waals surface area contributed by atoms with Gasteiger partial charge in [0, 0.05) is 0 Å². The van der Waals surface area contributed by atoms with Gasteiger partial charge in [0.2, 0.25) is 0 Å². The molecule has 184 valence electrons. The van der Waals surface area contributed by atoms with Crippen molar-refractivity contribution >= 4 is 40.3 Å². The van der Waals surface area contributed by atoms with Crippen LogP contribution in [0.3, 0.4) is 0 Å².